The number of nitro benzene ring substituents is 1. The number of hydrogen-bond acceptors (Lipinski definition) is 7. The fourth-order valence-corrected chi connectivity index (χ4v) is 2.49. The first kappa shape index (κ1) is 17.7. The van der Waals surface area contributed by atoms with Crippen LogP contribution in [0.25, 0.3) is 0 Å². The van der Waals surface area contributed by atoms with Crippen LogP contribution < -0.4 is 10.6 Å². The molecule has 0 bridgehead atoms. The van der Waals surface area contributed by atoms with Crippen LogP contribution in [0.3, 0.4) is 0 Å². The molecule has 128 valence electrons. The van der Waals surface area contributed by atoms with E-state index in [2.05, 4.69) is 5.32 Å². The van der Waals surface area contributed by atoms with Gasteiger partial charge in [0.15, 0.2) is 6.61 Å². The molecule has 0 spiro atoms. The van der Waals surface area contributed by atoms with E-state index in [4.69, 9.17) is 4.74 Å². The smallest absolute Gasteiger partial charge is 0.321 e. The standard InChI is InChI=1S/C14H15N3O6S/c18-12(16-14(20)15-9-5-6-9)7-23-13(19)8-24-11-4-2-1-3-10(11)17(21)22/h1-4,9H,5-8H2,(H2,15,16,18,20). The molecule has 2 N–H and O–H groups in total. The van der Waals surface area contributed by atoms with Crippen LogP contribution in [0, 0.1) is 10.1 Å². The Kier molecular flexibility index (Phi) is 6.13. The Morgan fingerprint density at radius 1 is 1.29 bits per heavy atom. The van der Waals surface area contributed by atoms with Gasteiger partial charge in [-0.15, -0.1) is 11.8 Å². The highest BCUT2D eigenvalue weighted by molar-refractivity contribution is 8.00. The van der Waals surface area contributed by atoms with Gasteiger partial charge in [0.25, 0.3) is 11.6 Å². The summed E-state index contributed by atoms with van der Waals surface area (Å²) >= 11 is 0.939. The zero-order valence-corrected chi connectivity index (χ0v) is 13.3. The fraction of sp³-hybridized carbons (Fsp3) is 0.357. The Bertz CT molecular complexity index is 662. The molecule has 1 saturated carbocycles. The van der Waals surface area contributed by atoms with Gasteiger partial charge in [0.1, 0.15) is 0 Å². The molecule has 0 unspecified atom stereocenters. The summed E-state index contributed by atoms with van der Waals surface area (Å²) in [5.41, 5.74) is -0.107. The average Bonchev–Trinajstić information content (AvgIpc) is 3.34. The van der Waals surface area contributed by atoms with E-state index in [1.54, 1.807) is 6.07 Å². The highest BCUT2D eigenvalue weighted by atomic mass is 32.2. The molecule has 3 amide bonds. The number of carbonyl (C=O) groups excluding carboxylic acids is 3. The molecule has 1 aromatic rings. The molecule has 9 nitrogen and oxygen atoms in total. The van der Waals surface area contributed by atoms with Crippen LogP contribution in [-0.2, 0) is 14.3 Å². The minimum Gasteiger partial charge on any atom is -0.455 e. The zero-order chi connectivity index (χ0) is 17.5. The first-order valence-electron chi connectivity index (χ1n) is 7.08. The molecule has 0 radical (unpaired) electrons. The van der Waals surface area contributed by atoms with Crippen molar-refractivity contribution in [1.29, 1.82) is 0 Å². The minimum atomic E-state index is -0.739. The largest absolute Gasteiger partial charge is 0.455 e. The summed E-state index contributed by atoms with van der Waals surface area (Å²) in [5, 5.41) is 15.4. The Hall–Kier alpha value is -2.62. The molecule has 24 heavy (non-hydrogen) atoms. The van der Waals surface area contributed by atoms with Crippen molar-refractivity contribution in [2.45, 2.75) is 23.8 Å². The summed E-state index contributed by atoms with van der Waals surface area (Å²) in [6, 6.07) is 5.49. The van der Waals surface area contributed by atoms with Gasteiger partial charge in [0.2, 0.25) is 0 Å². The molecule has 1 aliphatic rings. The number of hydrogen-bond donors (Lipinski definition) is 2. The van der Waals surface area contributed by atoms with Gasteiger partial charge in [-0.05, 0) is 18.9 Å². The number of carbonyl (C=O) groups is 3. The lowest BCUT2D eigenvalue weighted by molar-refractivity contribution is -0.387. The Morgan fingerprint density at radius 2 is 2.00 bits per heavy atom. The van der Waals surface area contributed by atoms with Gasteiger partial charge >= 0.3 is 12.0 Å². The molecule has 1 fully saturated rings. The van der Waals surface area contributed by atoms with E-state index in [9.17, 15) is 24.5 Å². The minimum absolute atomic E-state index is 0.107. The van der Waals surface area contributed by atoms with Crippen molar-refractivity contribution in [2.75, 3.05) is 12.4 Å². The van der Waals surface area contributed by atoms with Crippen molar-refractivity contribution in [3.05, 3.63) is 34.4 Å². The van der Waals surface area contributed by atoms with Gasteiger partial charge in [0, 0.05) is 12.1 Å². The van der Waals surface area contributed by atoms with E-state index in [1.807, 2.05) is 5.32 Å². The van der Waals surface area contributed by atoms with Gasteiger partial charge in [-0.1, -0.05) is 12.1 Å². The number of nitro groups is 1. The SMILES string of the molecule is O=C(COC(=O)CSc1ccccc1[N+](=O)[O-])NC(=O)NC1CC1. The molecular weight excluding hydrogens is 338 g/mol. The summed E-state index contributed by atoms with van der Waals surface area (Å²) in [6.07, 6.45) is 1.78. The number of thioether (sulfide) groups is 1. The lowest BCUT2D eigenvalue weighted by atomic mass is 10.3. The number of esters is 1. The Balaban J connectivity index is 1.70. The third-order valence-corrected chi connectivity index (χ3v) is 3.97. The highest BCUT2D eigenvalue weighted by Gasteiger charge is 2.24. The van der Waals surface area contributed by atoms with Gasteiger partial charge in [-0.3, -0.25) is 25.0 Å². The van der Waals surface area contributed by atoms with Crippen molar-refractivity contribution in [2.24, 2.45) is 0 Å². The first-order valence-corrected chi connectivity index (χ1v) is 8.06. The number of para-hydroxylation sites is 1. The Morgan fingerprint density at radius 3 is 2.67 bits per heavy atom. The number of amides is 3. The van der Waals surface area contributed by atoms with E-state index in [1.165, 1.54) is 18.2 Å². The molecule has 2 rings (SSSR count). The predicted octanol–water partition coefficient (Wildman–Crippen LogP) is 1.22. The average molecular weight is 353 g/mol. The van der Waals surface area contributed by atoms with E-state index in [-0.39, 0.29) is 17.5 Å². The monoisotopic (exact) mass is 353 g/mol. The number of imide groups is 1. The van der Waals surface area contributed by atoms with Crippen LogP contribution in [0.5, 0.6) is 0 Å². The van der Waals surface area contributed by atoms with Gasteiger partial charge in [0.05, 0.1) is 15.6 Å². The van der Waals surface area contributed by atoms with Crippen molar-refractivity contribution in [3.8, 4) is 0 Å². The molecular formula is C14H15N3O6S. The zero-order valence-electron chi connectivity index (χ0n) is 12.5. The van der Waals surface area contributed by atoms with Gasteiger partial charge in [-0.2, -0.15) is 0 Å². The molecule has 1 aliphatic carbocycles. The molecule has 10 heteroatoms. The molecule has 0 saturated heterocycles. The van der Waals surface area contributed by atoms with Crippen molar-refractivity contribution >= 4 is 35.4 Å². The van der Waals surface area contributed by atoms with Crippen LogP contribution in [0.2, 0.25) is 0 Å². The predicted molar refractivity (Wildman–Crippen MR) is 84.5 cm³/mol. The third-order valence-electron chi connectivity index (χ3n) is 2.94. The summed E-state index contributed by atoms with van der Waals surface area (Å²) in [6.45, 7) is -0.589. The maximum absolute atomic E-state index is 11.6. The lowest BCUT2D eigenvalue weighted by Crippen LogP contribution is -2.42. The summed E-state index contributed by atoms with van der Waals surface area (Å²) in [4.78, 5) is 45.0. The lowest BCUT2D eigenvalue weighted by Gasteiger charge is -2.06. The normalized spacial score (nSPS) is 13.0. The van der Waals surface area contributed by atoms with E-state index in [0.717, 1.165) is 24.6 Å². The fourth-order valence-electron chi connectivity index (χ4n) is 1.67. The summed E-state index contributed by atoms with van der Waals surface area (Å²) in [5.74, 6) is -1.64. The van der Waals surface area contributed by atoms with Crippen LogP contribution in [0.15, 0.2) is 29.2 Å². The molecule has 1 aromatic carbocycles. The number of urea groups is 1. The molecule has 0 aromatic heterocycles. The van der Waals surface area contributed by atoms with Crippen LogP contribution >= 0.6 is 11.8 Å². The van der Waals surface area contributed by atoms with Crippen LogP contribution in [-0.4, -0.2) is 41.2 Å². The second-order valence-electron chi connectivity index (χ2n) is 4.97. The molecule has 0 heterocycles. The second-order valence-corrected chi connectivity index (χ2v) is 5.99. The van der Waals surface area contributed by atoms with Gasteiger partial charge < -0.3 is 10.1 Å². The van der Waals surface area contributed by atoms with Crippen LogP contribution in [0.1, 0.15) is 12.8 Å². The summed E-state index contributed by atoms with van der Waals surface area (Å²) < 4.78 is 4.73. The maximum atomic E-state index is 11.6. The van der Waals surface area contributed by atoms with Crippen molar-refractivity contribution < 1.29 is 24.0 Å². The number of rotatable bonds is 7. The molecule has 0 atom stereocenters. The van der Waals surface area contributed by atoms with E-state index < -0.39 is 29.4 Å². The number of nitrogens with zero attached hydrogens (tertiary/aromatic N) is 1. The maximum Gasteiger partial charge on any atom is 0.321 e. The van der Waals surface area contributed by atoms with Gasteiger partial charge in [-0.25, -0.2) is 4.79 Å². The van der Waals surface area contributed by atoms with E-state index in [0.29, 0.717) is 4.90 Å². The Labute approximate surface area is 141 Å². The molecule has 0 aliphatic heterocycles. The van der Waals surface area contributed by atoms with Crippen LogP contribution in [0.4, 0.5) is 10.5 Å². The first-order chi connectivity index (χ1) is 11.5. The number of benzene rings is 1. The second kappa shape index (κ2) is 8.29. The summed E-state index contributed by atoms with van der Waals surface area (Å²) in [7, 11) is 0. The van der Waals surface area contributed by atoms with E-state index >= 15 is 0 Å². The number of nitrogens with one attached hydrogen (secondary N) is 2. The van der Waals surface area contributed by atoms with Crippen molar-refractivity contribution in [3.63, 3.8) is 0 Å². The quantitative estimate of drug-likeness (QED) is 0.326. The number of ether oxygens (including phenoxy) is 1. The van der Waals surface area contributed by atoms with Crippen molar-refractivity contribution in [1.82, 2.24) is 10.6 Å². The topological polar surface area (TPSA) is 128 Å². The highest BCUT2D eigenvalue weighted by Crippen LogP contribution is 2.28. The third kappa shape index (κ3) is 5.88.